The molecule has 0 N–H and O–H groups in total. The van der Waals surface area contributed by atoms with Gasteiger partial charge in [0.05, 0.1) is 0 Å². The molecule has 60 heavy (non-hydrogen) atoms. The van der Waals surface area contributed by atoms with Crippen molar-refractivity contribution >= 4 is 68.2 Å². The second-order valence-electron chi connectivity index (χ2n) is 14.8. The minimum Gasteiger partial charge on any atom is -0.310 e. The zero-order valence-corrected chi connectivity index (χ0v) is 33.9. The zero-order chi connectivity index (χ0) is 40.7. The lowest BCUT2D eigenvalue weighted by atomic mass is 10.1. The van der Waals surface area contributed by atoms with E-state index < -0.39 is 0 Å². The lowest BCUT2D eigenvalue weighted by Gasteiger charge is -2.31. The molecular formula is C56H46N4. The molecule has 0 saturated carbocycles. The summed E-state index contributed by atoms with van der Waals surface area (Å²) in [4.78, 5) is 9.33. The van der Waals surface area contributed by atoms with Crippen LogP contribution in [0.4, 0.5) is 68.2 Å². The second kappa shape index (κ2) is 17.4. The zero-order valence-electron chi connectivity index (χ0n) is 33.9. The van der Waals surface area contributed by atoms with Crippen molar-refractivity contribution in [3.8, 4) is 0 Å². The highest BCUT2D eigenvalue weighted by molar-refractivity contribution is 5.86. The number of benzene rings is 9. The smallest absolute Gasteiger partial charge is 0.0492 e. The monoisotopic (exact) mass is 774 g/mol. The Kier molecular flexibility index (Phi) is 10.9. The maximum Gasteiger partial charge on any atom is 0.0492 e. The first-order chi connectivity index (χ1) is 29.6. The van der Waals surface area contributed by atoms with Crippen molar-refractivity contribution in [2.24, 2.45) is 0 Å². The van der Waals surface area contributed by atoms with E-state index in [1.54, 1.807) is 0 Å². The molecule has 0 saturated heterocycles. The molecule has 0 amide bonds. The molecule has 4 nitrogen and oxygen atoms in total. The van der Waals surface area contributed by atoms with Crippen LogP contribution in [-0.2, 0) is 0 Å². The maximum absolute atomic E-state index is 2.35. The molecule has 0 bridgehead atoms. The van der Waals surface area contributed by atoms with E-state index in [1.807, 2.05) is 0 Å². The van der Waals surface area contributed by atoms with E-state index in [-0.39, 0.29) is 0 Å². The van der Waals surface area contributed by atoms with Crippen molar-refractivity contribution in [3.63, 3.8) is 0 Å². The highest BCUT2D eigenvalue weighted by Gasteiger charge is 2.21. The summed E-state index contributed by atoms with van der Waals surface area (Å²) in [6, 6.07) is 86.0. The third-order valence-corrected chi connectivity index (χ3v) is 10.8. The van der Waals surface area contributed by atoms with Gasteiger partial charge < -0.3 is 19.6 Å². The van der Waals surface area contributed by atoms with Gasteiger partial charge in [-0.25, -0.2) is 0 Å². The molecular weight excluding hydrogens is 729 g/mol. The summed E-state index contributed by atoms with van der Waals surface area (Å²) in [5.74, 6) is 0. The van der Waals surface area contributed by atoms with Crippen LogP contribution in [0.1, 0.15) is 11.1 Å². The van der Waals surface area contributed by atoms with Crippen molar-refractivity contribution < 1.29 is 0 Å². The van der Waals surface area contributed by atoms with Gasteiger partial charge in [-0.05, 0) is 158 Å². The Morgan fingerprint density at radius 1 is 0.200 bits per heavy atom. The SMILES string of the molecule is Cc1cc(N(c2ccccc2)c2ccccc2)ccc1N(c1ccccc1)c1ccc(N(c2ccccc2)c2ccc(N(c3ccccc3)c3ccccc3)cc2C)cc1. The van der Waals surface area contributed by atoms with Crippen molar-refractivity contribution in [3.05, 3.63) is 254 Å². The number of hydrogen-bond donors (Lipinski definition) is 0. The Labute approximate surface area is 354 Å². The summed E-state index contributed by atoms with van der Waals surface area (Å²) in [6.45, 7) is 4.41. The van der Waals surface area contributed by atoms with E-state index in [1.165, 1.54) is 11.1 Å². The number of nitrogens with zero attached hydrogens (tertiary/aromatic N) is 4. The minimum absolute atomic E-state index is 1.07. The Morgan fingerprint density at radius 2 is 0.400 bits per heavy atom. The summed E-state index contributed by atoms with van der Waals surface area (Å²) >= 11 is 0. The number of aryl methyl sites for hydroxylation is 2. The molecule has 0 aliphatic rings. The van der Waals surface area contributed by atoms with Gasteiger partial charge in [0.15, 0.2) is 0 Å². The quantitative estimate of drug-likeness (QED) is 0.123. The summed E-state index contributed by atoms with van der Waals surface area (Å²) in [5.41, 5.74) is 15.6. The molecule has 4 heteroatoms. The number of para-hydroxylation sites is 6. The van der Waals surface area contributed by atoms with Gasteiger partial charge in [-0.1, -0.05) is 109 Å². The molecule has 0 radical (unpaired) electrons. The first-order valence-electron chi connectivity index (χ1n) is 20.4. The average Bonchev–Trinajstić information content (AvgIpc) is 3.31. The Morgan fingerprint density at radius 3 is 0.633 bits per heavy atom. The van der Waals surface area contributed by atoms with Crippen LogP contribution in [0.15, 0.2) is 243 Å². The van der Waals surface area contributed by atoms with Crippen molar-refractivity contribution in [1.29, 1.82) is 0 Å². The van der Waals surface area contributed by atoms with E-state index >= 15 is 0 Å². The molecule has 9 rings (SSSR count). The number of anilines is 12. The first kappa shape index (κ1) is 37.7. The molecule has 9 aromatic carbocycles. The van der Waals surface area contributed by atoms with Crippen molar-refractivity contribution in [1.82, 2.24) is 0 Å². The topological polar surface area (TPSA) is 13.0 Å². The van der Waals surface area contributed by atoms with Gasteiger partial charge in [-0.2, -0.15) is 0 Å². The molecule has 0 aromatic heterocycles. The third kappa shape index (κ3) is 7.87. The fourth-order valence-corrected chi connectivity index (χ4v) is 8.02. The van der Waals surface area contributed by atoms with Crippen LogP contribution in [0, 0.1) is 13.8 Å². The van der Waals surface area contributed by atoms with Gasteiger partial charge in [-0.3, -0.25) is 0 Å². The Hall–Kier alpha value is -7.82. The number of hydrogen-bond acceptors (Lipinski definition) is 4. The van der Waals surface area contributed by atoms with Gasteiger partial charge in [0, 0.05) is 68.2 Å². The van der Waals surface area contributed by atoms with Crippen molar-refractivity contribution in [2.75, 3.05) is 19.6 Å². The van der Waals surface area contributed by atoms with Crippen LogP contribution in [0.2, 0.25) is 0 Å². The van der Waals surface area contributed by atoms with E-state index in [9.17, 15) is 0 Å². The van der Waals surface area contributed by atoms with Crippen LogP contribution in [0.3, 0.4) is 0 Å². The lowest BCUT2D eigenvalue weighted by Crippen LogP contribution is -2.15. The Bertz CT molecular complexity index is 2490. The average molecular weight is 775 g/mol. The summed E-state index contributed by atoms with van der Waals surface area (Å²) in [6.07, 6.45) is 0. The third-order valence-electron chi connectivity index (χ3n) is 10.8. The van der Waals surface area contributed by atoms with Crippen LogP contribution >= 0.6 is 0 Å². The standard InChI is InChI=1S/C56H46N4/c1-43-41-53(57(45-21-9-3-10-22-45)46-23-11-4-12-24-46)37-39-55(43)59(49-29-17-7-18-30-49)51-33-35-52(36-34-51)60(50-31-19-8-20-32-50)56-40-38-54(42-44(56)2)58(47-25-13-5-14-26-47)48-27-15-6-16-28-48/h3-42H,1-2H3. The number of rotatable bonds is 12. The molecule has 0 atom stereocenters. The van der Waals surface area contributed by atoms with Gasteiger partial charge in [0.2, 0.25) is 0 Å². The summed E-state index contributed by atoms with van der Waals surface area (Å²) in [7, 11) is 0. The van der Waals surface area contributed by atoms with E-state index in [2.05, 4.69) is 276 Å². The predicted molar refractivity (Wildman–Crippen MR) is 255 cm³/mol. The molecule has 0 spiro atoms. The minimum atomic E-state index is 1.07. The van der Waals surface area contributed by atoms with Gasteiger partial charge in [-0.15, -0.1) is 0 Å². The lowest BCUT2D eigenvalue weighted by molar-refractivity contribution is 1.21. The molecule has 0 heterocycles. The van der Waals surface area contributed by atoms with E-state index in [0.717, 1.165) is 68.2 Å². The summed E-state index contributed by atoms with van der Waals surface area (Å²) < 4.78 is 0. The normalized spacial score (nSPS) is 10.8. The fourth-order valence-electron chi connectivity index (χ4n) is 8.02. The first-order valence-corrected chi connectivity index (χ1v) is 20.4. The van der Waals surface area contributed by atoms with Gasteiger partial charge in [0.25, 0.3) is 0 Å². The second-order valence-corrected chi connectivity index (χ2v) is 14.8. The molecule has 9 aromatic rings. The highest BCUT2D eigenvalue weighted by Crippen LogP contribution is 2.44. The molecule has 0 aliphatic heterocycles. The molecule has 0 aliphatic carbocycles. The molecule has 0 unspecified atom stereocenters. The van der Waals surface area contributed by atoms with Crippen LogP contribution in [-0.4, -0.2) is 0 Å². The van der Waals surface area contributed by atoms with Gasteiger partial charge >= 0.3 is 0 Å². The van der Waals surface area contributed by atoms with E-state index in [4.69, 9.17) is 0 Å². The molecule has 0 fully saturated rings. The van der Waals surface area contributed by atoms with Crippen molar-refractivity contribution in [2.45, 2.75) is 13.8 Å². The largest absolute Gasteiger partial charge is 0.310 e. The molecule has 290 valence electrons. The Balaban J connectivity index is 1.09. The van der Waals surface area contributed by atoms with Crippen LogP contribution in [0.5, 0.6) is 0 Å². The van der Waals surface area contributed by atoms with Crippen LogP contribution < -0.4 is 19.6 Å². The maximum atomic E-state index is 2.35. The summed E-state index contributed by atoms with van der Waals surface area (Å²) in [5, 5.41) is 0. The highest BCUT2D eigenvalue weighted by atomic mass is 15.2. The van der Waals surface area contributed by atoms with Gasteiger partial charge in [0.1, 0.15) is 0 Å². The van der Waals surface area contributed by atoms with Crippen LogP contribution in [0.25, 0.3) is 0 Å². The fraction of sp³-hybridized carbons (Fsp3) is 0.0357. The van der Waals surface area contributed by atoms with E-state index in [0.29, 0.717) is 0 Å². The predicted octanol–water partition coefficient (Wildman–Crippen LogP) is 16.2.